The molecule has 0 saturated heterocycles. The molecule has 2 aromatic heterocycles. The highest BCUT2D eigenvalue weighted by Gasteiger charge is 2.19. The minimum absolute atomic E-state index is 0.148. The zero-order chi connectivity index (χ0) is 16.7. The number of nitrogens with one attached hydrogen (secondary N) is 1. The minimum atomic E-state index is -0.148. The largest absolute Gasteiger partial charge is 0.320 e. The highest BCUT2D eigenvalue weighted by Crippen LogP contribution is 2.23. The van der Waals surface area contributed by atoms with E-state index in [1.54, 1.807) is 0 Å². The van der Waals surface area contributed by atoms with Crippen LogP contribution in [0.15, 0.2) is 34.9 Å². The van der Waals surface area contributed by atoms with E-state index in [4.69, 9.17) is 0 Å². The van der Waals surface area contributed by atoms with Crippen LogP contribution < -0.4 is 5.32 Å². The lowest BCUT2D eigenvalue weighted by atomic mass is 10.1. The molecule has 0 fully saturated rings. The average molecular weight is 372 g/mol. The second-order valence-corrected chi connectivity index (χ2v) is 6.72. The number of fused-ring (bicyclic) bond motifs is 1. The number of hydrogen-bond donors (Lipinski definition) is 1. The molecule has 0 aliphatic heterocycles. The summed E-state index contributed by atoms with van der Waals surface area (Å²) in [6.45, 7) is 7.83. The molecule has 0 bridgehead atoms. The number of carbonyl (C=O) groups is 1. The molecule has 23 heavy (non-hydrogen) atoms. The third-order valence-electron chi connectivity index (χ3n) is 3.98. The van der Waals surface area contributed by atoms with E-state index < -0.39 is 0 Å². The number of aryl methyl sites for hydroxylation is 4. The van der Waals surface area contributed by atoms with Crippen LogP contribution in [0, 0.1) is 27.7 Å². The number of aromatic nitrogens is 2. The van der Waals surface area contributed by atoms with Crippen LogP contribution in [0.5, 0.6) is 0 Å². The Bertz CT molecular complexity index is 907. The molecule has 3 rings (SSSR count). The Morgan fingerprint density at radius 3 is 2.43 bits per heavy atom. The maximum atomic E-state index is 12.8. The van der Waals surface area contributed by atoms with E-state index in [2.05, 4.69) is 26.2 Å². The molecule has 118 valence electrons. The molecular weight excluding hydrogens is 354 g/mol. The third-order valence-corrected chi connectivity index (χ3v) is 4.41. The Hall–Kier alpha value is -2.14. The number of imidazole rings is 1. The van der Waals surface area contributed by atoms with Gasteiger partial charge >= 0.3 is 0 Å². The Labute approximate surface area is 143 Å². The predicted octanol–water partition coefficient (Wildman–Crippen LogP) is 4.58. The first-order valence-corrected chi connectivity index (χ1v) is 8.20. The van der Waals surface area contributed by atoms with Crippen LogP contribution in [-0.2, 0) is 0 Å². The van der Waals surface area contributed by atoms with Gasteiger partial charge in [0.05, 0.1) is 5.69 Å². The fourth-order valence-corrected chi connectivity index (χ4v) is 3.39. The van der Waals surface area contributed by atoms with Gasteiger partial charge in [-0.05, 0) is 66.4 Å². The van der Waals surface area contributed by atoms with E-state index in [-0.39, 0.29) is 5.91 Å². The van der Waals surface area contributed by atoms with E-state index in [1.165, 1.54) is 0 Å². The topological polar surface area (TPSA) is 46.4 Å². The second-order valence-electron chi connectivity index (χ2n) is 5.80. The number of benzene rings is 1. The Morgan fingerprint density at radius 1 is 1.13 bits per heavy atom. The monoisotopic (exact) mass is 371 g/mol. The van der Waals surface area contributed by atoms with Gasteiger partial charge in [0, 0.05) is 16.4 Å². The lowest BCUT2D eigenvalue weighted by molar-refractivity contribution is 0.102. The summed E-state index contributed by atoms with van der Waals surface area (Å²) in [7, 11) is 0. The van der Waals surface area contributed by atoms with Crippen LogP contribution in [0.25, 0.3) is 5.65 Å². The normalized spacial score (nSPS) is 11.0. The van der Waals surface area contributed by atoms with Crippen molar-refractivity contribution in [3.8, 4) is 0 Å². The molecule has 0 saturated carbocycles. The van der Waals surface area contributed by atoms with Crippen molar-refractivity contribution in [3.63, 3.8) is 0 Å². The van der Waals surface area contributed by atoms with Gasteiger partial charge in [-0.1, -0.05) is 18.2 Å². The van der Waals surface area contributed by atoms with Crippen molar-refractivity contribution in [1.29, 1.82) is 0 Å². The van der Waals surface area contributed by atoms with E-state index in [1.807, 2.05) is 62.6 Å². The lowest BCUT2D eigenvalue weighted by Gasteiger charge is -2.12. The van der Waals surface area contributed by atoms with Gasteiger partial charge in [-0.3, -0.25) is 9.20 Å². The van der Waals surface area contributed by atoms with Gasteiger partial charge < -0.3 is 5.32 Å². The zero-order valence-corrected chi connectivity index (χ0v) is 15.2. The highest BCUT2D eigenvalue weighted by atomic mass is 79.9. The first-order valence-electron chi connectivity index (χ1n) is 7.41. The fourth-order valence-electron chi connectivity index (χ4n) is 2.84. The molecule has 5 heteroatoms. The maximum Gasteiger partial charge on any atom is 0.274 e. The number of carbonyl (C=O) groups excluding carboxylic acids is 1. The van der Waals surface area contributed by atoms with Crippen LogP contribution in [0.2, 0.25) is 0 Å². The smallest absolute Gasteiger partial charge is 0.274 e. The molecule has 0 atom stereocenters. The summed E-state index contributed by atoms with van der Waals surface area (Å²) in [5.74, 6) is -0.148. The summed E-state index contributed by atoms with van der Waals surface area (Å²) >= 11 is 3.49. The van der Waals surface area contributed by atoms with Crippen molar-refractivity contribution < 1.29 is 4.79 Å². The maximum absolute atomic E-state index is 12.8. The minimum Gasteiger partial charge on any atom is -0.320 e. The molecule has 4 nitrogen and oxygen atoms in total. The summed E-state index contributed by atoms with van der Waals surface area (Å²) in [6.07, 6.45) is 1.88. The van der Waals surface area contributed by atoms with Crippen LogP contribution in [0.3, 0.4) is 0 Å². The summed E-state index contributed by atoms with van der Waals surface area (Å²) in [5.41, 5.74) is 6.05. The summed E-state index contributed by atoms with van der Waals surface area (Å²) < 4.78 is 2.76. The number of amides is 1. The fraction of sp³-hybridized carbons (Fsp3) is 0.222. The summed E-state index contributed by atoms with van der Waals surface area (Å²) in [5, 5.41) is 3.04. The molecule has 1 N–H and O–H groups in total. The van der Waals surface area contributed by atoms with Gasteiger partial charge in [-0.2, -0.15) is 0 Å². The van der Waals surface area contributed by atoms with Crippen molar-refractivity contribution in [1.82, 2.24) is 9.38 Å². The highest BCUT2D eigenvalue weighted by molar-refractivity contribution is 9.10. The van der Waals surface area contributed by atoms with Crippen LogP contribution in [0.1, 0.15) is 32.9 Å². The number of hydrogen-bond acceptors (Lipinski definition) is 2. The molecule has 0 aliphatic carbocycles. The standard InChI is InChI=1S/C18H18BrN3O/c1-10-6-5-7-11(2)15(10)21-18(23)16-13(4)20-17-12(3)8-14(19)9-22(16)17/h5-9H,1-4H3,(H,21,23). The molecule has 2 heterocycles. The van der Waals surface area contributed by atoms with Gasteiger partial charge in [0.15, 0.2) is 0 Å². The molecule has 0 unspecified atom stereocenters. The zero-order valence-electron chi connectivity index (χ0n) is 13.6. The van der Waals surface area contributed by atoms with Gasteiger partial charge in [0.25, 0.3) is 5.91 Å². The Kier molecular flexibility index (Phi) is 3.98. The number of rotatable bonds is 2. The number of pyridine rings is 1. The van der Waals surface area contributed by atoms with Gasteiger partial charge in [-0.25, -0.2) is 4.98 Å². The van der Waals surface area contributed by atoms with Gasteiger partial charge in [-0.15, -0.1) is 0 Å². The lowest BCUT2D eigenvalue weighted by Crippen LogP contribution is -2.17. The van der Waals surface area contributed by atoms with E-state index in [9.17, 15) is 4.79 Å². The summed E-state index contributed by atoms with van der Waals surface area (Å²) in [6, 6.07) is 7.96. The predicted molar refractivity (Wildman–Crippen MR) is 96.2 cm³/mol. The van der Waals surface area contributed by atoms with Crippen molar-refractivity contribution in [3.05, 3.63) is 63.0 Å². The van der Waals surface area contributed by atoms with Crippen molar-refractivity contribution in [2.45, 2.75) is 27.7 Å². The van der Waals surface area contributed by atoms with E-state index in [0.717, 1.165) is 38.2 Å². The van der Waals surface area contributed by atoms with Crippen LogP contribution >= 0.6 is 15.9 Å². The van der Waals surface area contributed by atoms with Gasteiger partial charge in [0.2, 0.25) is 0 Å². The van der Waals surface area contributed by atoms with Crippen LogP contribution in [0.4, 0.5) is 5.69 Å². The van der Waals surface area contributed by atoms with Crippen molar-refractivity contribution >= 4 is 33.2 Å². The second kappa shape index (κ2) is 5.81. The number of anilines is 1. The molecule has 3 aromatic rings. The summed E-state index contributed by atoms with van der Waals surface area (Å²) in [4.78, 5) is 17.4. The average Bonchev–Trinajstić information content (AvgIpc) is 2.79. The first kappa shape index (κ1) is 15.7. The molecule has 0 radical (unpaired) electrons. The molecule has 0 spiro atoms. The van der Waals surface area contributed by atoms with Crippen molar-refractivity contribution in [2.75, 3.05) is 5.32 Å². The third kappa shape index (κ3) is 2.77. The Morgan fingerprint density at radius 2 is 1.78 bits per heavy atom. The van der Waals surface area contributed by atoms with Crippen molar-refractivity contribution in [2.24, 2.45) is 0 Å². The molecule has 1 aromatic carbocycles. The SMILES string of the molecule is Cc1cccc(C)c1NC(=O)c1c(C)nc2c(C)cc(Br)cn12. The number of halogens is 1. The number of nitrogens with zero attached hydrogens (tertiary/aromatic N) is 2. The Balaban J connectivity index is 2.10. The molecular formula is C18H18BrN3O. The van der Waals surface area contributed by atoms with E-state index >= 15 is 0 Å². The van der Waals surface area contributed by atoms with Gasteiger partial charge in [0.1, 0.15) is 11.3 Å². The van der Waals surface area contributed by atoms with E-state index in [0.29, 0.717) is 5.69 Å². The first-order chi connectivity index (χ1) is 10.9. The number of para-hydroxylation sites is 1. The van der Waals surface area contributed by atoms with Crippen LogP contribution in [-0.4, -0.2) is 15.3 Å². The molecule has 1 amide bonds. The molecule has 0 aliphatic rings. The quantitative estimate of drug-likeness (QED) is 0.716.